The first-order valence-electron chi connectivity index (χ1n) is 5.10. The number of thioether (sulfide) groups is 1. The predicted octanol–water partition coefficient (Wildman–Crippen LogP) is 0.390. The molecule has 92 valence electrons. The summed E-state index contributed by atoms with van der Waals surface area (Å²) in [5.41, 5.74) is 0. The summed E-state index contributed by atoms with van der Waals surface area (Å²) in [7, 11) is -2.79. The normalized spacial score (nSPS) is 11.9. The summed E-state index contributed by atoms with van der Waals surface area (Å²) in [6.07, 6.45) is 1.27. The van der Waals surface area contributed by atoms with Crippen LogP contribution in [0.1, 0.15) is 6.92 Å². The minimum atomic E-state index is -2.79. The van der Waals surface area contributed by atoms with Gasteiger partial charge in [0.2, 0.25) is 0 Å². The Hall–Kier alpha value is 0.220. The topological polar surface area (TPSA) is 55.4 Å². The Morgan fingerprint density at radius 1 is 1.27 bits per heavy atom. The maximum atomic E-state index is 10.8. The third-order valence-corrected chi connectivity index (χ3v) is 3.84. The standard InChI is InChI=1S/C9H21NO3S2/c1-3-13-6-4-10-5-7-14-8-9-15(2,11)12/h10H,3-9H2,1-2H3. The Kier molecular flexibility index (Phi) is 9.58. The molecule has 0 radical (unpaired) electrons. The first-order chi connectivity index (χ1) is 7.06. The van der Waals surface area contributed by atoms with Crippen LogP contribution < -0.4 is 5.32 Å². The van der Waals surface area contributed by atoms with E-state index in [9.17, 15) is 8.42 Å². The number of rotatable bonds is 10. The molecule has 0 saturated carbocycles. The van der Waals surface area contributed by atoms with E-state index < -0.39 is 9.84 Å². The number of hydrogen-bond donors (Lipinski definition) is 1. The highest BCUT2D eigenvalue weighted by Crippen LogP contribution is 1.99. The quantitative estimate of drug-likeness (QED) is 0.572. The molecule has 0 aliphatic heterocycles. The molecule has 4 nitrogen and oxygen atoms in total. The van der Waals surface area contributed by atoms with Crippen LogP contribution in [0.3, 0.4) is 0 Å². The van der Waals surface area contributed by atoms with Crippen molar-refractivity contribution in [1.29, 1.82) is 0 Å². The van der Waals surface area contributed by atoms with Crippen molar-refractivity contribution in [3.63, 3.8) is 0 Å². The molecule has 0 aromatic carbocycles. The van der Waals surface area contributed by atoms with Gasteiger partial charge in [0, 0.05) is 37.5 Å². The Bertz CT molecular complexity index is 230. The molecule has 0 rings (SSSR count). The maximum absolute atomic E-state index is 10.8. The summed E-state index contributed by atoms with van der Waals surface area (Å²) in [5, 5.41) is 3.22. The van der Waals surface area contributed by atoms with Gasteiger partial charge in [-0.3, -0.25) is 0 Å². The van der Waals surface area contributed by atoms with Gasteiger partial charge < -0.3 is 10.1 Å². The van der Waals surface area contributed by atoms with Crippen LogP contribution in [0.25, 0.3) is 0 Å². The zero-order valence-electron chi connectivity index (χ0n) is 9.49. The largest absolute Gasteiger partial charge is 0.380 e. The lowest BCUT2D eigenvalue weighted by molar-refractivity contribution is 0.150. The molecule has 0 saturated heterocycles. The van der Waals surface area contributed by atoms with Crippen LogP contribution in [0.2, 0.25) is 0 Å². The van der Waals surface area contributed by atoms with Crippen LogP contribution in [0.5, 0.6) is 0 Å². The highest BCUT2D eigenvalue weighted by molar-refractivity contribution is 8.00. The molecule has 0 atom stereocenters. The van der Waals surface area contributed by atoms with Gasteiger partial charge in [0.1, 0.15) is 9.84 Å². The van der Waals surface area contributed by atoms with Crippen LogP contribution >= 0.6 is 11.8 Å². The summed E-state index contributed by atoms with van der Waals surface area (Å²) in [6, 6.07) is 0. The van der Waals surface area contributed by atoms with Crippen molar-refractivity contribution in [3.05, 3.63) is 0 Å². The lowest BCUT2D eigenvalue weighted by Gasteiger charge is -2.04. The Morgan fingerprint density at radius 3 is 2.60 bits per heavy atom. The molecule has 0 aliphatic rings. The number of sulfone groups is 1. The molecular formula is C9H21NO3S2. The Labute approximate surface area is 97.1 Å². The third kappa shape index (κ3) is 14.2. The predicted molar refractivity (Wildman–Crippen MR) is 66.4 cm³/mol. The van der Waals surface area contributed by atoms with Gasteiger partial charge in [-0.2, -0.15) is 11.8 Å². The zero-order chi connectivity index (χ0) is 11.6. The van der Waals surface area contributed by atoms with Crippen molar-refractivity contribution in [1.82, 2.24) is 5.32 Å². The second-order valence-corrected chi connectivity index (χ2v) is 6.67. The van der Waals surface area contributed by atoms with Gasteiger partial charge >= 0.3 is 0 Å². The van der Waals surface area contributed by atoms with E-state index in [1.807, 2.05) is 6.92 Å². The van der Waals surface area contributed by atoms with Gasteiger partial charge in [0.25, 0.3) is 0 Å². The molecule has 6 heteroatoms. The van der Waals surface area contributed by atoms with Crippen LogP contribution in [0, 0.1) is 0 Å². The summed E-state index contributed by atoms with van der Waals surface area (Å²) < 4.78 is 26.7. The molecule has 1 N–H and O–H groups in total. The highest BCUT2D eigenvalue weighted by Gasteiger charge is 2.00. The van der Waals surface area contributed by atoms with E-state index in [1.54, 1.807) is 11.8 Å². The highest BCUT2D eigenvalue weighted by atomic mass is 32.2. The van der Waals surface area contributed by atoms with Gasteiger partial charge in [-0.25, -0.2) is 8.42 Å². The first-order valence-corrected chi connectivity index (χ1v) is 8.31. The fourth-order valence-electron chi connectivity index (χ4n) is 0.870. The number of hydrogen-bond acceptors (Lipinski definition) is 5. The lowest BCUT2D eigenvalue weighted by atomic mass is 10.6. The van der Waals surface area contributed by atoms with Crippen molar-refractivity contribution in [2.24, 2.45) is 0 Å². The van der Waals surface area contributed by atoms with E-state index >= 15 is 0 Å². The van der Waals surface area contributed by atoms with E-state index in [2.05, 4.69) is 5.32 Å². The molecule has 0 aliphatic carbocycles. The van der Waals surface area contributed by atoms with Crippen LogP contribution in [-0.2, 0) is 14.6 Å². The van der Waals surface area contributed by atoms with Gasteiger partial charge in [0.05, 0.1) is 12.4 Å². The average Bonchev–Trinajstić information content (AvgIpc) is 2.14. The van der Waals surface area contributed by atoms with Crippen molar-refractivity contribution in [3.8, 4) is 0 Å². The van der Waals surface area contributed by atoms with Gasteiger partial charge in [-0.1, -0.05) is 0 Å². The zero-order valence-corrected chi connectivity index (χ0v) is 11.1. The van der Waals surface area contributed by atoms with Gasteiger partial charge in [-0.05, 0) is 6.92 Å². The summed E-state index contributed by atoms with van der Waals surface area (Å²) in [6.45, 7) is 5.23. The molecule has 0 spiro atoms. The fraction of sp³-hybridized carbons (Fsp3) is 1.00. The second kappa shape index (κ2) is 9.45. The van der Waals surface area contributed by atoms with E-state index in [0.717, 1.165) is 32.1 Å². The summed E-state index contributed by atoms with van der Waals surface area (Å²) in [4.78, 5) is 0. The molecule has 0 amide bonds. The molecule has 0 heterocycles. The smallest absolute Gasteiger partial charge is 0.148 e. The number of nitrogens with one attached hydrogen (secondary N) is 1. The summed E-state index contributed by atoms with van der Waals surface area (Å²) >= 11 is 1.66. The monoisotopic (exact) mass is 255 g/mol. The molecule has 15 heavy (non-hydrogen) atoms. The van der Waals surface area contributed by atoms with E-state index in [-0.39, 0.29) is 5.75 Å². The molecule has 0 aromatic rings. The number of ether oxygens (including phenoxy) is 1. The van der Waals surface area contributed by atoms with Crippen molar-refractivity contribution in [2.75, 3.05) is 49.8 Å². The van der Waals surface area contributed by atoms with Crippen LogP contribution in [-0.4, -0.2) is 58.2 Å². The fourth-order valence-corrected chi connectivity index (χ4v) is 3.05. The first kappa shape index (κ1) is 15.2. The molecule has 0 fully saturated rings. The summed E-state index contributed by atoms with van der Waals surface area (Å²) in [5.74, 6) is 1.91. The van der Waals surface area contributed by atoms with Crippen molar-refractivity contribution >= 4 is 21.6 Å². The van der Waals surface area contributed by atoms with Gasteiger partial charge in [-0.15, -0.1) is 0 Å². The lowest BCUT2D eigenvalue weighted by Crippen LogP contribution is -2.22. The minimum absolute atomic E-state index is 0.274. The minimum Gasteiger partial charge on any atom is -0.380 e. The average molecular weight is 255 g/mol. The van der Waals surface area contributed by atoms with E-state index in [0.29, 0.717) is 5.75 Å². The molecule has 0 aromatic heterocycles. The maximum Gasteiger partial charge on any atom is 0.148 e. The van der Waals surface area contributed by atoms with E-state index in [1.165, 1.54) is 6.26 Å². The van der Waals surface area contributed by atoms with Crippen LogP contribution in [0.4, 0.5) is 0 Å². The SMILES string of the molecule is CCOCCNCCSCCS(C)(=O)=O. The molecule has 0 unspecified atom stereocenters. The Morgan fingerprint density at radius 2 is 2.00 bits per heavy atom. The second-order valence-electron chi connectivity index (χ2n) is 3.19. The van der Waals surface area contributed by atoms with Crippen LogP contribution in [0.15, 0.2) is 0 Å². The van der Waals surface area contributed by atoms with Gasteiger partial charge in [0.15, 0.2) is 0 Å². The van der Waals surface area contributed by atoms with Crippen molar-refractivity contribution in [2.45, 2.75) is 6.92 Å². The molecular weight excluding hydrogens is 234 g/mol. The molecule has 0 bridgehead atoms. The van der Waals surface area contributed by atoms with Crippen molar-refractivity contribution < 1.29 is 13.2 Å². The Balaban J connectivity index is 3.06. The third-order valence-electron chi connectivity index (χ3n) is 1.65. The van der Waals surface area contributed by atoms with E-state index in [4.69, 9.17) is 4.74 Å².